The van der Waals surface area contributed by atoms with Crippen LogP contribution in [0.25, 0.3) is 11.6 Å². The van der Waals surface area contributed by atoms with E-state index in [1.807, 2.05) is 24.3 Å². The fraction of sp³-hybridized carbons (Fsp3) is 0.308. The second-order valence-electron chi connectivity index (χ2n) is 9.06. The van der Waals surface area contributed by atoms with E-state index in [0.717, 1.165) is 30.0 Å². The molecule has 1 aliphatic carbocycles. The highest BCUT2D eigenvalue weighted by atomic mass is 16.5. The molecule has 174 valence electrons. The molecular formula is C26H27N5O3. The van der Waals surface area contributed by atoms with Gasteiger partial charge in [-0.25, -0.2) is 9.97 Å². The van der Waals surface area contributed by atoms with Crippen molar-refractivity contribution in [1.82, 2.24) is 20.1 Å². The van der Waals surface area contributed by atoms with E-state index in [1.165, 1.54) is 17.5 Å². The predicted molar refractivity (Wildman–Crippen MR) is 126 cm³/mol. The van der Waals surface area contributed by atoms with Gasteiger partial charge >= 0.3 is 0 Å². The zero-order valence-electron chi connectivity index (χ0n) is 19.2. The van der Waals surface area contributed by atoms with Gasteiger partial charge in [0.05, 0.1) is 5.69 Å². The smallest absolute Gasteiger partial charge is 0.239 e. The minimum absolute atomic E-state index is 0.165. The van der Waals surface area contributed by atoms with Crippen molar-refractivity contribution in [3.8, 4) is 23.1 Å². The Balaban J connectivity index is 1.21. The van der Waals surface area contributed by atoms with Crippen molar-refractivity contribution in [3.05, 3.63) is 84.0 Å². The Morgan fingerprint density at radius 3 is 2.21 bits per heavy atom. The zero-order chi connectivity index (χ0) is 23.5. The van der Waals surface area contributed by atoms with Gasteiger partial charge in [0.2, 0.25) is 18.0 Å². The minimum Gasteiger partial charge on any atom is -0.490 e. The number of aromatic nitrogens is 4. The normalized spacial score (nSPS) is 17.7. The Bertz CT molecular complexity index is 1220. The average molecular weight is 458 g/mol. The molecule has 1 fully saturated rings. The topological polar surface area (TPSA) is 109 Å². The van der Waals surface area contributed by atoms with Crippen molar-refractivity contribution in [2.75, 3.05) is 0 Å². The third-order valence-corrected chi connectivity index (χ3v) is 6.25. The Morgan fingerprint density at radius 1 is 0.912 bits per heavy atom. The van der Waals surface area contributed by atoms with E-state index in [1.54, 1.807) is 12.3 Å². The quantitative estimate of drug-likeness (QED) is 0.417. The van der Waals surface area contributed by atoms with Gasteiger partial charge in [-0.1, -0.05) is 43.3 Å². The lowest BCUT2D eigenvalue weighted by molar-refractivity contribution is 0.101. The Hall–Kier alpha value is -3.78. The summed E-state index contributed by atoms with van der Waals surface area (Å²) in [6.45, 7) is 4.73. The lowest BCUT2D eigenvalue weighted by Crippen LogP contribution is -2.43. The number of nitrogens with zero attached hydrogens (tertiary/aromatic N) is 4. The van der Waals surface area contributed by atoms with Crippen LogP contribution in [0.15, 0.2) is 71.7 Å². The Morgan fingerprint density at radius 2 is 1.59 bits per heavy atom. The van der Waals surface area contributed by atoms with Crippen LogP contribution in [0.4, 0.5) is 0 Å². The van der Waals surface area contributed by atoms with Gasteiger partial charge < -0.3 is 19.7 Å². The van der Waals surface area contributed by atoms with Gasteiger partial charge in [0.15, 0.2) is 0 Å². The van der Waals surface area contributed by atoms with Crippen LogP contribution >= 0.6 is 0 Å². The lowest BCUT2D eigenvalue weighted by atomic mass is 9.78. The fourth-order valence-electron chi connectivity index (χ4n) is 3.99. The van der Waals surface area contributed by atoms with E-state index < -0.39 is 0 Å². The SMILES string of the molecule is CC(C)(c1ccc(OCc2ccnc(-c3ncon3)n2)cc1)c1ccc(OC2CC(N)C2)cc1. The van der Waals surface area contributed by atoms with E-state index in [-0.39, 0.29) is 17.6 Å². The van der Waals surface area contributed by atoms with Crippen LogP contribution in [-0.4, -0.2) is 32.3 Å². The van der Waals surface area contributed by atoms with E-state index in [2.05, 4.69) is 58.2 Å². The maximum Gasteiger partial charge on any atom is 0.239 e. The largest absolute Gasteiger partial charge is 0.490 e. The van der Waals surface area contributed by atoms with Gasteiger partial charge in [-0.05, 0) is 54.3 Å². The van der Waals surface area contributed by atoms with Crippen LogP contribution in [0, 0.1) is 0 Å². The van der Waals surface area contributed by atoms with Gasteiger partial charge in [0.25, 0.3) is 0 Å². The summed E-state index contributed by atoms with van der Waals surface area (Å²) in [4.78, 5) is 12.6. The molecule has 34 heavy (non-hydrogen) atoms. The highest BCUT2D eigenvalue weighted by Gasteiger charge is 2.28. The van der Waals surface area contributed by atoms with Gasteiger partial charge in [0, 0.05) is 17.7 Å². The molecule has 1 aliphatic rings. The molecule has 0 aliphatic heterocycles. The van der Waals surface area contributed by atoms with Crippen LogP contribution < -0.4 is 15.2 Å². The standard InChI is InChI=1S/C26H27N5O3/c1-26(2,18-5-9-22(10-6-18)34-23-13-19(27)14-23)17-3-7-21(8-4-17)32-15-20-11-12-28-24(30-20)25-29-16-33-31-25/h3-12,16,19,23H,13-15,27H2,1-2H3. The second-order valence-corrected chi connectivity index (χ2v) is 9.06. The van der Waals surface area contributed by atoms with E-state index in [4.69, 9.17) is 19.7 Å². The van der Waals surface area contributed by atoms with Crippen molar-refractivity contribution in [2.45, 2.75) is 50.9 Å². The van der Waals surface area contributed by atoms with Gasteiger partial charge in [-0.15, -0.1) is 0 Å². The Kier molecular flexibility index (Phi) is 5.98. The van der Waals surface area contributed by atoms with Crippen LogP contribution in [-0.2, 0) is 12.0 Å². The summed E-state index contributed by atoms with van der Waals surface area (Å²) >= 11 is 0. The second kappa shape index (κ2) is 9.23. The highest BCUT2D eigenvalue weighted by molar-refractivity contribution is 5.42. The number of hydrogen-bond donors (Lipinski definition) is 1. The van der Waals surface area contributed by atoms with Gasteiger partial charge in [-0.2, -0.15) is 4.98 Å². The summed E-state index contributed by atoms with van der Waals surface area (Å²) in [5, 5.41) is 3.77. The molecule has 2 heterocycles. The molecule has 8 heteroatoms. The molecule has 0 spiro atoms. The first-order chi connectivity index (χ1) is 16.5. The molecule has 4 aromatic rings. The third-order valence-electron chi connectivity index (χ3n) is 6.25. The number of ether oxygens (including phenoxy) is 2. The van der Waals surface area contributed by atoms with Gasteiger partial charge in [0.1, 0.15) is 24.2 Å². The van der Waals surface area contributed by atoms with Gasteiger partial charge in [-0.3, -0.25) is 0 Å². The first kappa shape index (κ1) is 22.0. The van der Waals surface area contributed by atoms with Crippen molar-refractivity contribution >= 4 is 0 Å². The van der Waals surface area contributed by atoms with Crippen molar-refractivity contribution < 1.29 is 14.0 Å². The molecule has 0 unspecified atom stereocenters. The fourth-order valence-corrected chi connectivity index (χ4v) is 3.99. The van der Waals surface area contributed by atoms with E-state index in [9.17, 15) is 0 Å². The van der Waals surface area contributed by atoms with Crippen molar-refractivity contribution in [2.24, 2.45) is 5.73 Å². The third kappa shape index (κ3) is 4.77. The van der Waals surface area contributed by atoms with Crippen molar-refractivity contribution in [3.63, 3.8) is 0 Å². The minimum atomic E-state index is -0.165. The molecule has 0 atom stereocenters. The van der Waals surface area contributed by atoms with E-state index >= 15 is 0 Å². The summed E-state index contributed by atoms with van der Waals surface area (Å²) in [5.41, 5.74) is 8.82. The summed E-state index contributed by atoms with van der Waals surface area (Å²) in [6, 6.07) is 18.6. The molecule has 2 N–H and O–H groups in total. The summed E-state index contributed by atoms with van der Waals surface area (Å²) < 4.78 is 16.7. The molecule has 0 saturated heterocycles. The molecule has 2 aromatic heterocycles. The molecule has 5 rings (SSSR count). The average Bonchev–Trinajstić information content (AvgIpc) is 3.38. The van der Waals surface area contributed by atoms with Crippen LogP contribution in [0.1, 0.15) is 43.5 Å². The predicted octanol–water partition coefficient (Wildman–Crippen LogP) is 4.30. The maximum absolute atomic E-state index is 5.98. The van der Waals surface area contributed by atoms with Crippen LogP contribution in [0.5, 0.6) is 11.5 Å². The monoisotopic (exact) mass is 457 g/mol. The first-order valence-corrected chi connectivity index (χ1v) is 11.3. The Labute approximate surface area is 198 Å². The highest BCUT2D eigenvalue weighted by Crippen LogP contribution is 2.34. The lowest BCUT2D eigenvalue weighted by Gasteiger charge is -2.33. The molecule has 8 nitrogen and oxygen atoms in total. The molecule has 0 radical (unpaired) electrons. The van der Waals surface area contributed by atoms with E-state index in [0.29, 0.717) is 18.3 Å². The number of benzene rings is 2. The zero-order valence-corrected chi connectivity index (χ0v) is 19.2. The molecule has 1 saturated carbocycles. The summed E-state index contributed by atoms with van der Waals surface area (Å²) in [7, 11) is 0. The number of nitrogens with two attached hydrogens (primary N) is 1. The molecule has 2 aromatic carbocycles. The molecular weight excluding hydrogens is 430 g/mol. The summed E-state index contributed by atoms with van der Waals surface area (Å²) in [5.74, 6) is 2.41. The van der Waals surface area contributed by atoms with Crippen LogP contribution in [0.3, 0.4) is 0 Å². The molecule has 0 amide bonds. The number of hydrogen-bond acceptors (Lipinski definition) is 8. The maximum atomic E-state index is 5.98. The summed E-state index contributed by atoms with van der Waals surface area (Å²) in [6.07, 6.45) is 5.01. The van der Waals surface area contributed by atoms with Crippen LogP contribution in [0.2, 0.25) is 0 Å². The molecule has 0 bridgehead atoms. The number of rotatable bonds is 8. The van der Waals surface area contributed by atoms with Crippen molar-refractivity contribution in [1.29, 1.82) is 0 Å². The first-order valence-electron chi connectivity index (χ1n) is 11.3.